The molecule has 0 saturated heterocycles. The van der Waals surface area contributed by atoms with E-state index >= 15 is 0 Å². The number of nitriles is 1. The van der Waals surface area contributed by atoms with E-state index in [1.54, 1.807) is 10.8 Å². The molecule has 0 bridgehead atoms. The Hall–Kier alpha value is -3.22. The van der Waals surface area contributed by atoms with E-state index in [-0.39, 0.29) is 30.6 Å². The summed E-state index contributed by atoms with van der Waals surface area (Å²) < 4.78 is 7.38. The van der Waals surface area contributed by atoms with Crippen LogP contribution in [0.5, 0.6) is 0 Å². The third kappa shape index (κ3) is 7.91. The first-order chi connectivity index (χ1) is 16.7. The summed E-state index contributed by atoms with van der Waals surface area (Å²) in [7, 11) is -1.24. The molecular weight excluding hydrogens is 458 g/mol. The number of carbonyl (C=O) groups excluding carboxylic acids is 2. The smallest absolute Gasteiger partial charge is 0.291 e. The van der Waals surface area contributed by atoms with Crippen LogP contribution in [0.4, 0.5) is 5.69 Å². The lowest BCUT2D eigenvalue weighted by Gasteiger charge is -2.19. The van der Waals surface area contributed by atoms with Crippen molar-refractivity contribution in [2.24, 2.45) is 5.73 Å². The van der Waals surface area contributed by atoms with Crippen molar-refractivity contribution in [2.75, 3.05) is 11.9 Å². The van der Waals surface area contributed by atoms with Gasteiger partial charge in [-0.3, -0.25) is 9.59 Å². The summed E-state index contributed by atoms with van der Waals surface area (Å²) in [6, 6.07) is 8.81. The predicted octanol–water partition coefficient (Wildman–Crippen LogP) is 4.69. The second-order valence-electron chi connectivity index (χ2n) is 10.2. The predicted molar refractivity (Wildman–Crippen MR) is 139 cm³/mol. The number of nitrogens with two attached hydrogens (primary N) is 1. The van der Waals surface area contributed by atoms with E-state index in [4.69, 9.17) is 10.5 Å². The maximum absolute atomic E-state index is 13.3. The number of benzene rings is 1. The minimum absolute atomic E-state index is 0.135. The van der Waals surface area contributed by atoms with Gasteiger partial charge in [0.25, 0.3) is 5.91 Å². The molecule has 186 valence electrons. The van der Waals surface area contributed by atoms with Gasteiger partial charge in [-0.15, -0.1) is 0 Å². The molecule has 1 aromatic carbocycles. The second-order valence-corrected chi connectivity index (χ2v) is 15.8. The van der Waals surface area contributed by atoms with Gasteiger partial charge in [0, 0.05) is 38.5 Å². The minimum Gasteiger partial charge on any atom is -0.370 e. The highest BCUT2D eigenvalue weighted by Gasteiger charge is 2.20. The number of nitrogens with zero attached hydrogens (tertiary/aromatic N) is 3. The maximum atomic E-state index is 13.3. The van der Waals surface area contributed by atoms with Crippen molar-refractivity contribution in [3.05, 3.63) is 53.1 Å². The van der Waals surface area contributed by atoms with Crippen LogP contribution in [0.15, 0.2) is 30.5 Å². The first-order valence-corrected chi connectivity index (χ1v) is 15.8. The van der Waals surface area contributed by atoms with Gasteiger partial charge >= 0.3 is 0 Å². The van der Waals surface area contributed by atoms with E-state index in [0.29, 0.717) is 18.7 Å². The van der Waals surface area contributed by atoms with Crippen molar-refractivity contribution in [2.45, 2.75) is 70.9 Å². The van der Waals surface area contributed by atoms with Gasteiger partial charge in [-0.1, -0.05) is 31.8 Å². The monoisotopic (exact) mass is 493 g/mol. The lowest BCUT2D eigenvalue weighted by molar-refractivity contribution is -0.117. The highest BCUT2D eigenvalue weighted by molar-refractivity contribution is 6.76. The molecule has 1 aliphatic rings. The fourth-order valence-electron chi connectivity index (χ4n) is 3.94. The van der Waals surface area contributed by atoms with E-state index in [1.807, 2.05) is 24.3 Å². The van der Waals surface area contributed by atoms with Gasteiger partial charge in [0.05, 0.1) is 0 Å². The number of hydrogen-bond acceptors (Lipinski definition) is 5. The van der Waals surface area contributed by atoms with E-state index < -0.39 is 14.0 Å². The van der Waals surface area contributed by atoms with Gasteiger partial charge in [0.2, 0.25) is 11.7 Å². The molecule has 8 nitrogen and oxygen atoms in total. The second kappa shape index (κ2) is 12.0. The third-order valence-corrected chi connectivity index (χ3v) is 7.65. The molecule has 3 rings (SSSR count). The van der Waals surface area contributed by atoms with Crippen LogP contribution in [0.1, 0.15) is 59.5 Å². The van der Waals surface area contributed by atoms with Crippen molar-refractivity contribution in [1.29, 1.82) is 5.26 Å². The third-order valence-electron chi connectivity index (χ3n) is 5.95. The Labute approximate surface area is 208 Å². The van der Waals surface area contributed by atoms with Crippen LogP contribution in [-0.2, 0) is 22.7 Å². The zero-order valence-corrected chi connectivity index (χ0v) is 21.9. The molecule has 2 aromatic rings. The van der Waals surface area contributed by atoms with E-state index in [0.717, 1.165) is 42.9 Å². The van der Waals surface area contributed by atoms with Crippen LogP contribution in [0.3, 0.4) is 0 Å². The summed E-state index contributed by atoms with van der Waals surface area (Å²) in [5, 5.41) is 12.3. The molecule has 9 heteroatoms. The Morgan fingerprint density at radius 2 is 2.09 bits per heavy atom. The molecule has 3 N–H and O–H groups in total. The lowest BCUT2D eigenvalue weighted by Crippen LogP contribution is -2.23. The molecule has 0 radical (unpaired) electrons. The summed E-state index contributed by atoms with van der Waals surface area (Å²) >= 11 is 0. The zero-order chi connectivity index (χ0) is 25.4. The van der Waals surface area contributed by atoms with Crippen molar-refractivity contribution in [1.82, 2.24) is 9.55 Å². The van der Waals surface area contributed by atoms with Crippen molar-refractivity contribution < 1.29 is 14.3 Å². The summed E-state index contributed by atoms with van der Waals surface area (Å²) in [6.45, 7) is 7.59. The number of allylic oxidation sites excluding steroid dienone is 2. The highest BCUT2D eigenvalue weighted by atomic mass is 28.3. The molecule has 0 saturated carbocycles. The number of imidazole rings is 1. The molecular formula is C26H35N5O3Si. The summed E-state index contributed by atoms with van der Waals surface area (Å²) in [5.41, 5.74) is 9.30. The first kappa shape index (κ1) is 26.4. The average molecular weight is 494 g/mol. The molecule has 2 amide bonds. The number of anilines is 1. The standard InChI is InChI=1S/C26H35N5O3Si/c1-35(2,3)14-13-34-18-31-17-21(16-27)29-25(31)26(33)30-23-11-9-19(10-12-24(28)32)15-22(23)20-7-5-4-6-8-20/h7,9,11,15,17H,4-6,8,10,12-14,18H2,1-3H3,(H2,28,32)(H,30,33). The molecule has 1 aromatic heterocycles. The SMILES string of the molecule is C[Si](C)(C)CCOCn1cc(C#N)nc1C(=O)Nc1ccc(CCC(N)=O)cc1C1=CCCCC1. The Bertz CT molecular complexity index is 1140. The maximum Gasteiger partial charge on any atom is 0.291 e. The number of nitrogens with one attached hydrogen (secondary N) is 1. The molecule has 0 unspecified atom stereocenters. The van der Waals surface area contributed by atoms with E-state index in [9.17, 15) is 14.9 Å². The molecule has 1 aliphatic carbocycles. The molecule has 0 spiro atoms. The van der Waals surface area contributed by atoms with Crippen LogP contribution in [0.25, 0.3) is 5.57 Å². The summed E-state index contributed by atoms with van der Waals surface area (Å²) in [4.78, 5) is 28.7. The number of amides is 2. The zero-order valence-electron chi connectivity index (χ0n) is 20.9. The quantitative estimate of drug-likeness (QED) is 0.347. The van der Waals surface area contributed by atoms with Crippen LogP contribution in [-0.4, -0.2) is 36.0 Å². The van der Waals surface area contributed by atoms with Gasteiger partial charge in [-0.05, 0) is 61.4 Å². The number of carbonyl (C=O) groups is 2. The summed E-state index contributed by atoms with van der Waals surface area (Å²) in [5.74, 6) is -0.605. The normalized spacial score (nSPS) is 13.7. The van der Waals surface area contributed by atoms with Gasteiger partial charge in [0.15, 0.2) is 5.69 Å². The molecule has 1 heterocycles. The largest absolute Gasteiger partial charge is 0.370 e. The fraction of sp³-hybridized carbons (Fsp3) is 0.462. The van der Waals surface area contributed by atoms with Gasteiger partial charge in [-0.25, -0.2) is 4.98 Å². The molecule has 0 atom stereocenters. The van der Waals surface area contributed by atoms with Crippen molar-refractivity contribution in [3.8, 4) is 6.07 Å². The van der Waals surface area contributed by atoms with Crippen LogP contribution < -0.4 is 11.1 Å². The fourth-order valence-corrected chi connectivity index (χ4v) is 4.70. The van der Waals surface area contributed by atoms with Crippen LogP contribution >= 0.6 is 0 Å². The Morgan fingerprint density at radius 3 is 2.74 bits per heavy atom. The van der Waals surface area contributed by atoms with Gasteiger partial charge in [-0.2, -0.15) is 5.26 Å². The van der Waals surface area contributed by atoms with Gasteiger partial charge in [0.1, 0.15) is 12.8 Å². The number of aromatic nitrogens is 2. The average Bonchev–Trinajstić information content (AvgIpc) is 3.24. The van der Waals surface area contributed by atoms with E-state index in [2.05, 4.69) is 36.0 Å². The van der Waals surface area contributed by atoms with Crippen LogP contribution in [0.2, 0.25) is 25.7 Å². The number of rotatable bonds is 11. The highest BCUT2D eigenvalue weighted by Crippen LogP contribution is 2.33. The Kier molecular flexibility index (Phi) is 9.01. The lowest BCUT2D eigenvalue weighted by atomic mass is 9.91. The number of ether oxygens (including phenoxy) is 1. The van der Waals surface area contributed by atoms with Gasteiger partial charge < -0.3 is 20.4 Å². The van der Waals surface area contributed by atoms with E-state index in [1.165, 1.54) is 5.57 Å². The molecule has 0 aliphatic heterocycles. The van der Waals surface area contributed by atoms with Crippen molar-refractivity contribution >= 4 is 31.1 Å². The number of aryl methyl sites for hydroxylation is 1. The van der Waals surface area contributed by atoms with Crippen molar-refractivity contribution in [3.63, 3.8) is 0 Å². The molecule has 35 heavy (non-hydrogen) atoms. The number of primary amides is 1. The minimum atomic E-state index is -1.24. The van der Waals surface area contributed by atoms with Crippen LogP contribution in [0, 0.1) is 11.3 Å². The number of hydrogen-bond donors (Lipinski definition) is 2. The Morgan fingerprint density at radius 1 is 1.29 bits per heavy atom. The molecule has 0 fully saturated rings. The summed E-state index contributed by atoms with van der Waals surface area (Å²) in [6.07, 6.45) is 8.76. The topological polar surface area (TPSA) is 123 Å². The first-order valence-electron chi connectivity index (χ1n) is 12.1. The Balaban J connectivity index is 1.82.